The fraction of sp³-hybridized carbons (Fsp3) is 0.880. The van der Waals surface area contributed by atoms with E-state index < -0.39 is 40.0 Å². The van der Waals surface area contributed by atoms with E-state index in [4.69, 9.17) is 0 Å². The summed E-state index contributed by atoms with van der Waals surface area (Å²) in [4.78, 5) is 13.8. The fourth-order valence-electron chi connectivity index (χ4n) is 8.50. The second-order valence-corrected chi connectivity index (χ2v) is 12.1. The van der Waals surface area contributed by atoms with E-state index in [0.717, 1.165) is 17.6 Å². The molecule has 9 atom stereocenters. The number of ketones is 1. The zero-order valence-corrected chi connectivity index (χ0v) is 19.4. The Labute approximate surface area is 180 Å². The van der Waals surface area contributed by atoms with Crippen molar-refractivity contribution in [2.45, 2.75) is 92.0 Å². The average Bonchev–Trinajstić information content (AvgIpc) is 2.87. The van der Waals surface area contributed by atoms with Crippen molar-refractivity contribution in [3.8, 4) is 0 Å². The van der Waals surface area contributed by atoms with E-state index in [2.05, 4.69) is 27.7 Å². The second kappa shape index (κ2) is 6.63. The number of hydrogen-bond donors (Lipinski definition) is 4. The van der Waals surface area contributed by atoms with Gasteiger partial charge in [-0.25, -0.2) is 0 Å². The van der Waals surface area contributed by atoms with Crippen molar-refractivity contribution < 1.29 is 25.2 Å². The Morgan fingerprint density at radius 3 is 2.27 bits per heavy atom. The van der Waals surface area contributed by atoms with Crippen LogP contribution in [0.2, 0.25) is 0 Å². The number of fused-ring (bicyclic) bond motifs is 4. The first-order valence-electron chi connectivity index (χ1n) is 11.7. The van der Waals surface area contributed by atoms with Gasteiger partial charge in [0.2, 0.25) is 0 Å². The highest BCUT2D eigenvalue weighted by molar-refractivity contribution is 6.00. The number of carbonyl (C=O) groups excluding carboxylic acids is 1. The van der Waals surface area contributed by atoms with Gasteiger partial charge in [0, 0.05) is 24.0 Å². The van der Waals surface area contributed by atoms with Crippen molar-refractivity contribution in [3.63, 3.8) is 0 Å². The molecule has 0 amide bonds. The molecule has 4 aliphatic carbocycles. The third-order valence-corrected chi connectivity index (χ3v) is 10.6. The standard InChI is InChI=1S/C25H40O5/c1-13(12-26)14-9-19(30)25(6)21-15(27)10-17-22(2,3)18(29)7-8-23(17,4)20(21)16(28)11-24(14,25)5/h13-15,17-19,26-27,29-30H,7-12H2,1-6H3/t13-,14-,15+,17?,18+,19+,23+,24-,25+/m1/s1. The van der Waals surface area contributed by atoms with Crippen LogP contribution in [-0.4, -0.2) is 51.1 Å². The first-order valence-corrected chi connectivity index (χ1v) is 11.7. The first-order chi connectivity index (χ1) is 13.8. The van der Waals surface area contributed by atoms with Gasteiger partial charge in [-0.3, -0.25) is 4.79 Å². The van der Waals surface area contributed by atoms with E-state index >= 15 is 0 Å². The van der Waals surface area contributed by atoms with Crippen LogP contribution in [0.1, 0.15) is 73.6 Å². The molecule has 2 fully saturated rings. The monoisotopic (exact) mass is 420 g/mol. The Kier molecular flexibility index (Phi) is 4.96. The Morgan fingerprint density at radius 1 is 1.03 bits per heavy atom. The highest BCUT2D eigenvalue weighted by atomic mass is 16.3. The topological polar surface area (TPSA) is 98.0 Å². The predicted molar refractivity (Wildman–Crippen MR) is 114 cm³/mol. The largest absolute Gasteiger partial charge is 0.396 e. The molecule has 5 heteroatoms. The van der Waals surface area contributed by atoms with Gasteiger partial charge in [-0.05, 0) is 65.3 Å². The number of aliphatic hydroxyl groups is 4. The minimum atomic E-state index is -0.797. The summed E-state index contributed by atoms with van der Waals surface area (Å²) in [5.74, 6) is 0.0925. The molecule has 4 rings (SSSR count). The number of carbonyl (C=O) groups is 1. The Bertz CT molecular complexity index is 786. The van der Waals surface area contributed by atoms with Gasteiger partial charge in [0.25, 0.3) is 0 Å². The van der Waals surface area contributed by atoms with Gasteiger partial charge < -0.3 is 20.4 Å². The van der Waals surface area contributed by atoms with Gasteiger partial charge in [0.1, 0.15) is 0 Å². The molecule has 0 heterocycles. The Hall–Kier alpha value is -0.750. The number of aliphatic hydroxyl groups excluding tert-OH is 4. The molecule has 0 bridgehead atoms. The molecule has 0 radical (unpaired) electrons. The summed E-state index contributed by atoms with van der Waals surface area (Å²) < 4.78 is 0. The number of Topliss-reactive ketones (excluding diaryl/α,β-unsaturated/α-hetero) is 1. The van der Waals surface area contributed by atoms with E-state index in [1.54, 1.807) is 0 Å². The van der Waals surface area contributed by atoms with Crippen LogP contribution >= 0.6 is 0 Å². The van der Waals surface area contributed by atoms with Crippen molar-refractivity contribution >= 4 is 5.78 Å². The Balaban J connectivity index is 1.93. The zero-order valence-electron chi connectivity index (χ0n) is 19.4. The van der Waals surface area contributed by atoms with E-state index in [1.807, 2.05) is 13.8 Å². The molecule has 2 saturated carbocycles. The number of rotatable bonds is 2. The summed E-state index contributed by atoms with van der Waals surface area (Å²) in [5.41, 5.74) is -0.499. The van der Waals surface area contributed by atoms with Crippen LogP contribution in [0.5, 0.6) is 0 Å². The van der Waals surface area contributed by atoms with Crippen LogP contribution in [0.3, 0.4) is 0 Å². The van der Waals surface area contributed by atoms with Gasteiger partial charge in [0.05, 0.1) is 18.3 Å². The van der Waals surface area contributed by atoms with Gasteiger partial charge in [-0.15, -0.1) is 0 Å². The summed E-state index contributed by atoms with van der Waals surface area (Å²) in [7, 11) is 0. The number of allylic oxidation sites excluding steroid dienone is 1. The maximum atomic E-state index is 13.8. The third-order valence-electron chi connectivity index (χ3n) is 10.6. The van der Waals surface area contributed by atoms with Crippen LogP contribution < -0.4 is 0 Å². The molecule has 1 unspecified atom stereocenters. The summed E-state index contributed by atoms with van der Waals surface area (Å²) in [6, 6.07) is 0. The van der Waals surface area contributed by atoms with Crippen LogP contribution in [0, 0.1) is 39.4 Å². The Morgan fingerprint density at radius 2 is 1.67 bits per heavy atom. The lowest BCUT2D eigenvalue weighted by atomic mass is 9.42. The van der Waals surface area contributed by atoms with Crippen molar-refractivity contribution in [3.05, 3.63) is 11.1 Å². The van der Waals surface area contributed by atoms with Gasteiger partial charge in [-0.1, -0.05) is 41.5 Å². The maximum Gasteiger partial charge on any atom is 0.160 e. The molecule has 0 aromatic carbocycles. The zero-order chi connectivity index (χ0) is 22.4. The minimum Gasteiger partial charge on any atom is -0.396 e. The van der Waals surface area contributed by atoms with Crippen molar-refractivity contribution in [2.75, 3.05) is 6.61 Å². The molecule has 4 aliphatic rings. The summed E-state index contributed by atoms with van der Waals surface area (Å²) in [6.07, 6.45) is 0.842. The summed E-state index contributed by atoms with van der Waals surface area (Å²) in [5, 5.41) is 43.4. The van der Waals surface area contributed by atoms with E-state index in [0.29, 0.717) is 25.7 Å². The lowest BCUT2D eigenvalue weighted by Crippen LogP contribution is -2.61. The molecule has 4 N–H and O–H groups in total. The molecule has 30 heavy (non-hydrogen) atoms. The molecular formula is C25H40O5. The highest BCUT2D eigenvalue weighted by Crippen LogP contribution is 2.71. The van der Waals surface area contributed by atoms with E-state index in [-0.39, 0.29) is 30.1 Å². The molecule has 0 aromatic rings. The molecule has 5 nitrogen and oxygen atoms in total. The molecule has 170 valence electrons. The second-order valence-electron chi connectivity index (χ2n) is 12.1. The maximum absolute atomic E-state index is 13.8. The normalized spacial score (nSPS) is 51.3. The van der Waals surface area contributed by atoms with Gasteiger partial charge in [0.15, 0.2) is 5.78 Å². The minimum absolute atomic E-state index is 0.00474. The third kappa shape index (κ3) is 2.47. The van der Waals surface area contributed by atoms with E-state index in [9.17, 15) is 25.2 Å². The average molecular weight is 421 g/mol. The summed E-state index contributed by atoms with van der Waals surface area (Å²) >= 11 is 0. The molecule has 0 saturated heterocycles. The predicted octanol–water partition coefficient (Wildman–Crippen LogP) is 2.85. The molecule has 0 aliphatic heterocycles. The highest BCUT2D eigenvalue weighted by Gasteiger charge is 2.69. The van der Waals surface area contributed by atoms with Crippen molar-refractivity contribution in [1.82, 2.24) is 0 Å². The lowest BCUT2D eigenvalue weighted by Gasteiger charge is -2.62. The van der Waals surface area contributed by atoms with Crippen LogP contribution in [0.15, 0.2) is 11.1 Å². The molecule has 0 aromatic heterocycles. The van der Waals surface area contributed by atoms with Crippen molar-refractivity contribution in [2.24, 2.45) is 39.4 Å². The van der Waals surface area contributed by atoms with Gasteiger partial charge >= 0.3 is 0 Å². The van der Waals surface area contributed by atoms with Crippen molar-refractivity contribution in [1.29, 1.82) is 0 Å². The molecular weight excluding hydrogens is 380 g/mol. The van der Waals surface area contributed by atoms with Gasteiger partial charge in [-0.2, -0.15) is 0 Å². The smallest absolute Gasteiger partial charge is 0.160 e. The van der Waals surface area contributed by atoms with E-state index in [1.165, 1.54) is 0 Å². The van der Waals surface area contributed by atoms with Crippen LogP contribution in [0.25, 0.3) is 0 Å². The first kappa shape index (κ1) is 22.4. The van der Waals surface area contributed by atoms with Crippen LogP contribution in [-0.2, 0) is 4.79 Å². The SMILES string of the molecule is C[C@H](CO)[C@H]1C[C@H](O)[C@@]2(C)C3=C(C(=O)C[C@]12C)[C@@]1(C)CC[C@H](O)C(C)(C)C1C[C@@H]3O. The molecule has 0 spiro atoms. The van der Waals surface area contributed by atoms with Crippen LogP contribution in [0.4, 0.5) is 0 Å². The quantitative estimate of drug-likeness (QED) is 0.551. The number of hydrogen-bond acceptors (Lipinski definition) is 5. The lowest BCUT2D eigenvalue weighted by molar-refractivity contribution is -0.140. The summed E-state index contributed by atoms with van der Waals surface area (Å²) in [6.45, 7) is 12.4. The fourth-order valence-corrected chi connectivity index (χ4v) is 8.50.